The highest BCUT2D eigenvalue weighted by Crippen LogP contribution is 2.15. The van der Waals surface area contributed by atoms with Crippen molar-refractivity contribution in [2.24, 2.45) is 5.41 Å². The summed E-state index contributed by atoms with van der Waals surface area (Å²) in [5, 5.41) is 3.29. The van der Waals surface area contributed by atoms with E-state index < -0.39 is 5.41 Å². The largest absolute Gasteiger partial charge is 0.497 e. The molecule has 4 nitrogen and oxygen atoms in total. The van der Waals surface area contributed by atoms with Crippen molar-refractivity contribution in [3.05, 3.63) is 29.8 Å². The maximum Gasteiger partial charge on any atom is 0.312 e. The molecule has 0 atom stereocenters. The molecule has 0 aliphatic carbocycles. The van der Waals surface area contributed by atoms with Crippen LogP contribution in [-0.4, -0.2) is 33.3 Å². The first-order valence-corrected chi connectivity index (χ1v) is 6.41. The van der Waals surface area contributed by atoms with E-state index in [0.29, 0.717) is 6.54 Å². The molecule has 0 radical (unpaired) electrons. The second-order valence-corrected chi connectivity index (χ2v) is 5.15. The highest BCUT2D eigenvalue weighted by molar-refractivity contribution is 5.76. The Bertz CT molecular complexity index is 398. The molecule has 1 rings (SSSR count). The number of hydrogen-bond acceptors (Lipinski definition) is 4. The zero-order valence-electron chi connectivity index (χ0n) is 12.2. The van der Waals surface area contributed by atoms with E-state index in [4.69, 9.17) is 9.47 Å². The van der Waals surface area contributed by atoms with E-state index in [1.54, 1.807) is 7.11 Å². The molecule has 0 aliphatic rings. The Labute approximate surface area is 115 Å². The van der Waals surface area contributed by atoms with Crippen molar-refractivity contribution in [1.82, 2.24) is 5.32 Å². The van der Waals surface area contributed by atoms with Gasteiger partial charge >= 0.3 is 5.97 Å². The summed E-state index contributed by atoms with van der Waals surface area (Å²) in [6, 6.07) is 8.00. The molecule has 0 aromatic heterocycles. The smallest absolute Gasteiger partial charge is 0.312 e. The van der Waals surface area contributed by atoms with Crippen molar-refractivity contribution in [1.29, 1.82) is 0 Å². The fraction of sp³-hybridized carbons (Fsp3) is 0.533. The average Bonchev–Trinajstić information content (AvgIpc) is 2.43. The van der Waals surface area contributed by atoms with Crippen LogP contribution in [0.4, 0.5) is 0 Å². The lowest BCUT2D eigenvalue weighted by molar-refractivity contribution is -0.150. The van der Waals surface area contributed by atoms with Crippen LogP contribution in [0, 0.1) is 5.41 Å². The normalized spacial score (nSPS) is 11.2. The van der Waals surface area contributed by atoms with Crippen LogP contribution in [0.15, 0.2) is 24.3 Å². The average molecular weight is 265 g/mol. The van der Waals surface area contributed by atoms with Crippen LogP contribution in [0.3, 0.4) is 0 Å². The van der Waals surface area contributed by atoms with Gasteiger partial charge in [0.1, 0.15) is 5.75 Å². The van der Waals surface area contributed by atoms with Gasteiger partial charge in [0.2, 0.25) is 0 Å². The molecule has 0 aliphatic heterocycles. The van der Waals surface area contributed by atoms with Crippen LogP contribution in [0.5, 0.6) is 5.75 Å². The third-order valence-electron chi connectivity index (χ3n) is 3.05. The van der Waals surface area contributed by atoms with E-state index >= 15 is 0 Å². The first-order valence-electron chi connectivity index (χ1n) is 6.41. The Morgan fingerprint density at radius 2 is 1.84 bits per heavy atom. The van der Waals surface area contributed by atoms with Gasteiger partial charge in [0.05, 0.1) is 19.6 Å². The Kier molecular flexibility index (Phi) is 5.83. The lowest BCUT2D eigenvalue weighted by Crippen LogP contribution is -2.37. The number of methoxy groups -OCH3 is 2. The van der Waals surface area contributed by atoms with E-state index in [1.807, 2.05) is 38.1 Å². The maximum atomic E-state index is 11.5. The molecule has 106 valence electrons. The highest BCUT2D eigenvalue weighted by Gasteiger charge is 2.27. The number of carbonyl (C=O) groups excluding carboxylic acids is 1. The summed E-state index contributed by atoms with van der Waals surface area (Å²) >= 11 is 0. The first-order chi connectivity index (χ1) is 8.99. The molecule has 1 aromatic carbocycles. The summed E-state index contributed by atoms with van der Waals surface area (Å²) in [6.07, 6.45) is 0.918. The minimum atomic E-state index is -0.491. The Morgan fingerprint density at radius 3 is 2.37 bits per heavy atom. The quantitative estimate of drug-likeness (QED) is 0.605. The summed E-state index contributed by atoms with van der Waals surface area (Å²) in [7, 11) is 3.08. The van der Waals surface area contributed by atoms with Crippen LogP contribution in [0.25, 0.3) is 0 Å². The zero-order chi connectivity index (χ0) is 14.3. The molecule has 0 fully saturated rings. The van der Waals surface area contributed by atoms with Crippen LogP contribution >= 0.6 is 0 Å². The zero-order valence-corrected chi connectivity index (χ0v) is 12.2. The number of hydrogen-bond donors (Lipinski definition) is 1. The second-order valence-electron chi connectivity index (χ2n) is 5.15. The van der Waals surface area contributed by atoms with Crippen molar-refractivity contribution in [3.63, 3.8) is 0 Å². The van der Waals surface area contributed by atoms with E-state index in [0.717, 1.165) is 18.7 Å². The van der Waals surface area contributed by atoms with E-state index in [9.17, 15) is 4.79 Å². The molecule has 0 bridgehead atoms. The molecule has 0 heterocycles. The highest BCUT2D eigenvalue weighted by atomic mass is 16.5. The molecule has 0 unspecified atom stereocenters. The van der Waals surface area contributed by atoms with Gasteiger partial charge in [-0.25, -0.2) is 0 Å². The molecule has 1 aromatic rings. The summed E-state index contributed by atoms with van der Waals surface area (Å²) < 4.78 is 9.87. The third-order valence-corrected chi connectivity index (χ3v) is 3.05. The molecule has 19 heavy (non-hydrogen) atoms. The number of carbonyl (C=O) groups is 1. The number of benzene rings is 1. The molecule has 0 saturated heterocycles. The second kappa shape index (κ2) is 7.14. The van der Waals surface area contributed by atoms with E-state index in [1.165, 1.54) is 12.7 Å². The lowest BCUT2D eigenvalue weighted by Gasteiger charge is -2.21. The van der Waals surface area contributed by atoms with Gasteiger partial charge in [-0.1, -0.05) is 12.1 Å². The molecule has 0 spiro atoms. The minimum absolute atomic E-state index is 0.190. The fourth-order valence-corrected chi connectivity index (χ4v) is 1.77. The van der Waals surface area contributed by atoms with Gasteiger partial charge in [-0.2, -0.15) is 0 Å². The van der Waals surface area contributed by atoms with E-state index in [-0.39, 0.29) is 5.97 Å². The van der Waals surface area contributed by atoms with E-state index in [2.05, 4.69) is 5.32 Å². The molecule has 0 saturated carbocycles. The van der Waals surface area contributed by atoms with Crippen LogP contribution in [0.2, 0.25) is 0 Å². The maximum absolute atomic E-state index is 11.5. The summed E-state index contributed by atoms with van der Waals surface area (Å²) in [5.74, 6) is 0.674. The number of ether oxygens (including phenoxy) is 2. The summed E-state index contributed by atoms with van der Waals surface area (Å²) in [4.78, 5) is 11.5. The fourth-order valence-electron chi connectivity index (χ4n) is 1.77. The topological polar surface area (TPSA) is 47.6 Å². The molecule has 1 N–H and O–H groups in total. The Morgan fingerprint density at radius 1 is 1.21 bits per heavy atom. The first kappa shape index (κ1) is 15.5. The summed E-state index contributed by atoms with van der Waals surface area (Å²) in [5.41, 5.74) is 0.749. The van der Waals surface area contributed by atoms with Crippen molar-refractivity contribution in [2.75, 3.05) is 27.3 Å². The lowest BCUT2D eigenvalue weighted by atomic mass is 9.94. The van der Waals surface area contributed by atoms with Gasteiger partial charge in [0.15, 0.2) is 0 Å². The summed E-state index contributed by atoms with van der Waals surface area (Å²) in [6.45, 7) is 5.18. The monoisotopic (exact) mass is 265 g/mol. The molecule has 0 amide bonds. The van der Waals surface area contributed by atoms with Crippen molar-refractivity contribution in [2.45, 2.75) is 20.3 Å². The Balaban J connectivity index is 2.32. The Hall–Kier alpha value is -1.55. The van der Waals surface area contributed by atoms with Gasteiger partial charge in [-0.15, -0.1) is 0 Å². The van der Waals surface area contributed by atoms with Crippen LogP contribution in [0.1, 0.15) is 19.4 Å². The minimum Gasteiger partial charge on any atom is -0.497 e. The van der Waals surface area contributed by atoms with Crippen molar-refractivity contribution in [3.8, 4) is 5.75 Å². The van der Waals surface area contributed by atoms with Gasteiger partial charge in [-0.3, -0.25) is 4.79 Å². The van der Waals surface area contributed by atoms with Crippen LogP contribution in [-0.2, 0) is 16.0 Å². The number of nitrogens with one attached hydrogen (secondary N) is 1. The molecular weight excluding hydrogens is 242 g/mol. The SMILES string of the molecule is COC(=O)C(C)(C)CNCCc1ccc(OC)cc1. The molecule has 4 heteroatoms. The number of rotatable bonds is 7. The van der Waals surface area contributed by atoms with Gasteiger partial charge in [0, 0.05) is 6.54 Å². The van der Waals surface area contributed by atoms with Gasteiger partial charge in [0.25, 0.3) is 0 Å². The van der Waals surface area contributed by atoms with Gasteiger partial charge < -0.3 is 14.8 Å². The van der Waals surface area contributed by atoms with Crippen molar-refractivity contribution >= 4 is 5.97 Å². The van der Waals surface area contributed by atoms with Crippen molar-refractivity contribution < 1.29 is 14.3 Å². The number of esters is 1. The predicted molar refractivity (Wildman–Crippen MR) is 75.4 cm³/mol. The predicted octanol–water partition coefficient (Wildman–Crippen LogP) is 2.03. The van der Waals surface area contributed by atoms with Crippen LogP contribution < -0.4 is 10.1 Å². The molecular formula is C15H23NO3. The third kappa shape index (κ3) is 4.91. The standard InChI is InChI=1S/C15H23NO3/c1-15(2,14(17)19-4)11-16-10-9-12-5-7-13(18-3)8-6-12/h5-8,16H,9-11H2,1-4H3. The van der Waals surface area contributed by atoms with Gasteiger partial charge in [-0.05, 0) is 44.5 Å².